The number of hydrogen-bond acceptors (Lipinski definition) is 3. The van der Waals surface area contributed by atoms with Gasteiger partial charge in [-0.05, 0) is 49.3 Å². The summed E-state index contributed by atoms with van der Waals surface area (Å²) >= 11 is 0. The Morgan fingerprint density at radius 1 is 1.12 bits per heavy atom. The molecule has 2 aromatic rings. The molecule has 0 bridgehead atoms. The third kappa shape index (κ3) is 5.82. The van der Waals surface area contributed by atoms with Crippen molar-refractivity contribution in [3.63, 3.8) is 0 Å². The van der Waals surface area contributed by atoms with Crippen LogP contribution >= 0.6 is 24.0 Å². The lowest BCUT2D eigenvalue weighted by molar-refractivity contribution is 0.0724. The second kappa shape index (κ2) is 11.7. The van der Waals surface area contributed by atoms with E-state index in [0.29, 0.717) is 18.5 Å². The number of likely N-dealkylation sites (tertiary alicyclic amines) is 2. The summed E-state index contributed by atoms with van der Waals surface area (Å²) in [4.78, 5) is 25.7. The molecule has 2 aliphatic rings. The molecule has 1 amide bonds. The highest BCUT2D eigenvalue weighted by Gasteiger charge is 2.28. The monoisotopic (exact) mass is 550 g/mol. The van der Waals surface area contributed by atoms with Crippen LogP contribution in [0.15, 0.2) is 48.0 Å². The molecule has 7 nitrogen and oxygen atoms in total. The molecule has 1 aromatic heterocycles. The van der Waals surface area contributed by atoms with Crippen molar-refractivity contribution < 1.29 is 4.79 Å². The van der Waals surface area contributed by atoms with Crippen LogP contribution in [-0.4, -0.2) is 64.4 Å². The molecule has 8 heteroatoms. The summed E-state index contributed by atoms with van der Waals surface area (Å²) in [5.74, 6) is 1.68. The predicted octanol–water partition coefficient (Wildman–Crippen LogP) is 3.79. The number of nitrogens with one attached hydrogen (secondary N) is 1. The first-order valence-corrected chi connectivity index (χ1v) is 11.5. The maximum atomic E-state index is 12.7. The lowest BCUT2D eigenvalue weighted by Crippen LogP contribution is -2.48. The highest BCUT2D eigenvalue weighted by Crippen LogP contribution is 2.27. The number of halogens is 1. The molecular weight excluding hydrogens is 515 g/mol. The maximum absolute atomic E-state index is 12.7. The summed E-state index contributed by atoms with van der Waals surface area (Å²) in [6, 6.07) is 8.39. The number of hydrogen-bond donors (Lipinski definition) is 1. The molecule has 2 aliphatic heterocycles. The van der Waals surface area contributed by atoms with Gasteiger partial charge in [0.2, 0.25) is 0 Å². The van der Waals surface area contributed by atoms with Crippen molar-refractivity contribution in [1.29, 1.82) is 0 Å². The van der Waals surface area contributed by atoms with Gasteiger partial charge >= 0.3 is 0 Å². The van der Waals surface area contributed by atoms with Crippen LogP contribution in [0.1, 0.15) is 54.6 Å². The number of nitrogens with zero attached hydrogens (tertiary/aromatic N) is 5. The van der Waals surface area contributed by atoms with Gasteiger partial charge in [-0.15, -0.1) is 24.0 Å². The number of carbonyl (C=O) groups is 1. The first kappa shape index (κ1) is 24.5. The minimum absolute atomic E-state index is 0. The number of amides is 1. The van der Waals surface area contributed by atoms with Crippen molar-refractivity contribution in [2.75, 3.05) is 33.2 Å². The van der Waals surface area contributed by atoms with Gasteiger partial charge in [0.05, 0.1) is 12.4 Å². The summed E-state index contributed by atoms with van der Waals surface area (Å²) in [6.07, 6.45) is 10.4. The Kier molecular flexibility index (Phi) is 8.95. The largest absolute Gasteiger partial charge is 0.352 e. The lowest BCUT2D eigenvalue weighted by atomic mass is 9.93. The third-order valence-corrected chi connectivity index (χ3v) is 6.63. The average Bonchev–Trinajstić information content (AvgIpc) is 3.35. The number of aliphatic imine (C=N–C) groups is 1. The highest BCUT2D eigenvalue weighted by molar-refractivity contribution is 14.0. The molecule has 0 saturated carbocycles. The number of imidazole rings is 1. The Morgan fingerprint density at radius 3 is 2.53 bits per heavy atom. The van der Waals surface area contributed by atoms with Crippen LogP contribution < -0.4 is 5.32 Å². The molecule has 2 atom stereocenters. The number of benzene rings is 1. The normalized spacial score (nSPS) is 21.8. The highest BCUT2D eigenvalue weighted by atomic mass is 127. The van der Waals surface area contributed by atoms with E-state index in [1.807, 2.05) is 54.9 Å². The van der Waals surface area contributed by atoms with Gasteiger partial charge in [-0.25, -0.2) is 4.98 Å². The number of carbonyl (C=O) groups excluding carboxylic acids is 1. The average molecular weight is 550 g/mol. The summed E-state index contributed by atoms with van der Waals surface area (Å²) < 4.78 is 2.21. The second-order valence-corrected chi connectivity index (χ2v) is 8.74. The van der Waals surface area contributed by atoms with Crippen LogP contribution in [0.4, 0.5) is 0 Å². The van der Waals surface area contributed by atoms with Crippen LogP contribution in [-0.2, 0) is 6.54 Å². The van der Waals surface area contributed by atoms with Crippen molar-refractivity contribution in [2.24, 2.45) is 10.9 Å². The number of rotatable bonds is 4. The zero-order chi connectivity index (χ0) is 21.6. The molecule has 3 heterocycles. The molecule has 0 aliphatic carbocycles. The van der Waals surface area contributed by atoms with E-state index in [1.165, 1.54) is 6.42 Å². The minimum Gasteiger partial charge on any atom is -0.352 e. The van der Waals surface area contributed by atoms with E-state index in [1.54, 1.807) is 0 Å². The van der Waals surface area contributed by atoms with Gasteiger partial charge in [0.15, 0.2) is 5.96 Å². The van der Waals surface area contributed by atoms with Gasteiger partial charge < -0.3 is 19.7 Å². The Balaban J connectivity index is 0.00000289. The predicted molar refractivity (Wildman–Crippen MR) is 138 cm³/mol. The van der Waals surface area contributed by atoms with E-state index in [4.69, 9.17) is 0 Å². The van der Waals surface area contributed by atoms with Crippen molar-refractivity contribution in [1.82, 2.24) is 24.7 Å². The fraction of sp³-hybridized carbons (Fsp3) is 0.542. The van der Waals surface area contributed by atoms with Gasteiger partial charge in [0.25, 0.3) is 5.91 Å². The molecule has 0 spiro atoms. The Morgan fingerprint density at radius 2 is 1.88 bits per heavy atom. The van der Waals surface area contributed by atoms with Crippen molar-refractivity contribution in [3.8, 4) is 0 Å². The maximum Gasteiger partial charge on any atom is 0.253 e. The number of piperidine rings is 2. The molecule has 0 radical (unpaired) electrons. The van der Waals surface area contributed by atoms with Gasteiger partial charge in [-0.3, -0.25) is 9.79 Å². The summed E-state index contributed by atoms with van der Waals surface area (Å²) in [5, 5.41) is 3.50. The second-order valence-electron chi connectivity index (χ2n) is 8.74. The zero-order valence-corrected chi connectivity index (χ0v) is 21.4. The fourth-order valence-electron chi connectivity index (χ4n) is 4.65. The van der Waals surface area contributed by atoms with E-state index in [9.17, 15) is 4.79 Å². The number of aromatic nitrogens is 2. The molecule has 1 aromatic carbocycles. The number of guanidine groups is 1. The third-order valence-electron chi connectivity index (χ3n) is 6.63. The van der Waals surface area contributed by atoms with Crippen LogP contribution in [0.25, 0.3) is 0 Å². The molecule has 4 rings (SSSR count). The molecule has 174 valence electrons. The first-order chi connectivity index (χ1) is 15.2. The van der Waals surface area contributed by atoms with Crippen molar-refractivity contribution in [3.05, 3.63) is 54.1 Å². The summed E-state index contributed by atoms with van der Waals surface area (Å²) in [6.45, 7) is 6.67. The Labute approximate surface area is 208 Å². The van der Waals surface area contributed by atoms with Crippen molar-refractivity contribution >= 4 is 35.8 Å². The van der Waals surface area contributed by atoms with Gasteiger partial charge in [-0.1, -0.05) is 19.1 Å². The molecule has 2 saturated heterocycles. The fourth-order valence-corrected chi connectivity index (χ4v) is 4.65. The lowest BCUT2D eigenvalue weighted by Gasteiger charge is -2.39. The minimum atomic E-state index is 0. The van der Waals surface area contributed by atoms with E-state index in [0.717, 1.165) is 62.5 Å². The molecule has 32 heavy (non-hydrogen) atoms. The van der Waals surface area contributed by atoms with E-state index >= 15 is 0 Å². The van der Waals surface area contributed by atoms with E-state index < -0.39 is 0 Å². The topological polar surface area (TPSA) is 65.8 Å². The quantitative estimate of drug-likeness (QED) is 0.358. The van der Waals surface area contributed by atoms with Crippen LogP contribution in [0.3, 0.4) is 0 Å². The molecule has 2 fully saturated rings. The first-order valence-electron chi connectivity index (χ1n) is 11.5. The van der Waals surface area contributed by atoms with E-state index in [-0.39, 0.29) is 29.9 Å². The SMILES string of the molecule is CN=C(NCc1ccc(C(=O)N2CCCCC2)cc1)N1CCC(C)C(n2ccnc2)C1.I. The van der Waals surface area contributed by atoms with E-state index in [2.05, 4.69) is 31.7 Å². The van der Waals surface area contributed by atoms with Crippen molar-refractivity contribution in [2.45, 2.75) is 45.2 Å². The Bertz CT molecular complexity index is 876. The molecule has 1 N–H and O–H groups in total. The van der Waals surface area contributed by atoms with Crippen LogP contribution in [0.5, 0.6) is 0 Å². The molecular formula is C24H35IN6O. The Hall–Kier alpha value is -2.10. The zero-order valence-electron chi connectivity index (χ0n) is 19.1. The van der Waals surface area contributed by atoms with Crippen LogP contribution in [0.2, 0.25) is 0 Å². The smallest absolute Gasteiger partial charge is 0.253 e. The standard InChI is InChI=1S/C24H34N6O.HI/c1-19-10-14-29(17-22(19)30-15-11-26-18-30)24(25-2)27-16-20-6-8-21(9-7-20)23(31)28-12-4-3-5-13-28;/h6-9,11,15,18-19,22H,3-5,10,12-14,16-17H2,1-2H3,(H,25,27);1H. The summed E-state index contributed by atoms with van der Waals surface area (Å²) in [5.41, 5.74) is 1.93. The van der Waals surface area contributed by atoms with Gasteiger partial charge in [0.1, 0.15) is 0 Å². The van der Waals surface area contributed by atoms with Gasteiger partial charge in [-0.2, -0.15) is 0 Å². The van der Waals surface area contributed by atoms with Gasteiger partial charge in [0, 0.05) is 57.7 Å². The summed E-state index contributed by atoms with van der Waals surface area (Å²) in [7, 11) is 1.84. The molecule has 2 unspecified atom stereocenters. The van der Waals surface area contributed by atoms with Crippen LogP contribution in [0, 0.1) is 5.92 Å².